The number of carbonyl (C=O) groups excluding carboxylic acids is 1. The van der Waals surface area contributed by atoms with E-state index in [4.69, 9.17) is 4.74 Å². The lowest BCUT2D eigenvalue weighted by Crippen LogP contribution is -2.08. The maximum atomic E-state index is 11.7. The lowest BCUT2D eigenvalue weighted by Gasteiger charge is -2.06. The van der Waals surface area contributed by atoms with Crippen molar-refractivity contribution >= 4 is 5.78 Å². The minimum absolute atomic E-state index is 0.176. The van der Waals surface area contributed by atoms with Gasteiger partial charge in [0.1, 0.15) is 6.61 Å². The number of ether oxygens (including phenoxy) is 1. The van der Waals surface area contributed by atoms with Crippen LogP contribution in [0, 0.1) is 0 Å². The topological polar surface area (TPSA) is 26.3 Å². The molecule has 0 amide bonds. The molecule has 2 aromatic rings. The van der Waals surface area contributed by atoms with Crippen LogP contribution in [0.3, 0.4) is 0 Å². The van der Waals surface area contributed by atoms with E-state index < -0.39 is 0 Å². The van der Waals surface area contributed by atoms with E-state index in [-0.39, 0.29) is 12.4 Å². The summed E-state index contributed by atoms with van der Waals surface area (Å²) in [6.07, 6.45) is 5.40. The predicted molar refractivity (Wildman–Crippen MR) is 95.2 cm³/mol. The van der Waals surface area contributed by atoms with E-state index in [0.29, 0.717) is 13.0 Å². The third-order valence-corrected chi connectivity index (χ3v) is 3.71. The van der Waals surface area contributed by atoms with E-state index in [1.54, 1.807) is 0 Å². The van der Waals surface area contributed by atoms with Crippen LogP contribution in [0.4, 0.5) is 0 Å². The van der Waals surface area contributed by atoms with Crippen LogP contribution in [0.25, 0.3) is 11.1 Å². The quantitative estimate of drug-likeness (QED) is 0.446. The minimum Gasteiger partial charge on any atom is -0.369 e. The van der Waals surface area contributed by atoms with Crippen LogP contribution >= 0.6 is 0 Å². The Balaban J connectivity index is 1.72. The molecule has 0 bridgehead atoms. The molecule has 0 saturated carbocycles. The Kier molecular flexibility index (Phi) is 7.28. The van der Waals surface area contributed by atoms with E-state index >= 15 is 0 Å². The molecule has 2 rings (SSSR count). The fourth-order valence-corrected chi connectivity index (χ4v) is 2.39. The molecular weight excluding hydrogens is 284 g/mol. The van der Waals surface area contributed by atoms with Gasteiger partial charge < -0.3 is 4.74 Å². The maximum absolute atomic E-state index is 11.7. The van der Waals surface area contributed by atoms with Crippen molar-refractivity contribution in [2.24, 2.45) is 0 Å². The van der Waals surface area contributed by atoms with Gasteiger partial charge in [-0.05, 0) is 36.0 Å². The first-order valence-electron chi connectivity index (χ1n) is 8.14. The zero-order valence-electron chi connectivity index (χ0n) is 13.5. The molecule has 2 aromatic carbocycles. The SMILES string of the molecule is C=CCCCCC(=O)COCc1ccc(-c2ccccc2)cc1. The lowest BCUT2D eigenvalue weighted by molar-refractivity contribution is -0.124. The van der Waals surface area contributed by atoms with Crippen LogP contribution in [-0.4, -0.2) is 12.4 Å². The van der Waals surface area contributed by atoms with Crippen LogP contribution in [0.15, 0.2) is 67.3 Å². The van der Waals surface area contributed by atoms with E-state index in [1.807, 2.05) is 24.3 Å². The van der Waals surface area contributed by atoms with Crippen molar-refractivity contribution in [1.82, 2.24) is 0 Å². The van der Waals surface area contributed by atoms with Crippen LogP contribution in [-0.2, 0) is 16.1 Å². The Morgan fingerprint density at radius 3 is 2.35 bits per heavy atom. The molecule has 2 heteroatoms. The smallest absolute Gasteiger partial charge is 0.158 e. The van der Waals surface area contributed by atoms with E-state index in [0.717, 1.165) is 24.8 Å². The molecule has 0 unspecified atom stereocenters. The minimum atomic E-state index is 0.176. The van der Waals surface area contributed by atoms with Crippen molar-refractivity contribution in [2.45, 2.75) is 32.3 Å². The second-order valence-corrected chi connectivity index (χ2v) is 5.63. The van der Waals surface area contributed by atoms with Gasteiger partial charge in [0.15, 0.2) is 5.78 Å². The Morgan fingerprint density at radius 1 is 0.957 bits per heavy atom. The summed E-state index contributed by atoms with van der Waals surface area (Å²) in [4.78, 5) is 11.7. The predicted octanol–water partition coefficient (Wildman–Crippen LogP) is 5.19. The second kappa shape index (κ2) is 9.75. The standard InChI is InChI=1S/C21H24O2/c1-2-3-4-8-11-21(22)17-23-16-18-12-14-20(15-13-18)19-9-6-5-7-10-19/h2,5-7,9-10,12-15H,1,3-4,8,11,16-17H2. The first-order valence-corrected chi connectivity index (χ1v) is 8.14. The molecule has 2 nitrogen and oxygen atoms in total. The number of unbranched alkanes of at least 4 members (excludes halogenated alkanes) is 2. The molecule has 0 saturated heterocycles. The highest BCUT2D eigenvalue weighted by Crippen LogP contribution is 2.19. The van der Waals surface area contributed by atoms with Crippen molar-refractivity contribution < 1.29 is 9.53 Å². The number of ketones is 1. The van der Waals surface area contributed by atoms with Gasteiger partial charge in [-0.15, -0.1) is 6.58 Å². The molecule has 23 heavy (non-hydrogen) atoms. The molecule has 0 heterocycles. The van der Waals surface area contributed by atoms with Crippen molar-refractivity contribution in [3.8, 4) is 11.1 Å². The molecule has 0 N–H and O–H groups in total. The Labute approximate surface area is 138 Å². The molecule has 120 valence electrons. The highest BCUT2D eigenvalue weighted by atomic mass is 16.5. The maximum Gasteiger partial charge on any atom is 0.158 e. The van der Waals surface area contributed by atoms with Gasteiger partial charge in [-0.1, -0.05) is 60.7 Å². The Morgan fingerprint density at radius 2 is 1.65 bits per heavy atom. The average Bonchev–Trinajstić information content (AvgIpc) is 2.60. The Hall–Kier alpha value is -2.19. The molecule has 0 aliphatic heterocycles. The summed E-state index contributed by atoms with van der Waals surface area (Å²) < 4.78 is 5.51. The normalized spacial score (nSPS) is 10.4. The summed E-state index contributed by atoms with van der Waals surface area (Å²) in [6, 6.07) is 18.6. The summed E-state index contributed by atoms with van der Waals surface area (Å²) in [5, 5.41) is 0. The van der Waals surface area contributed by atoms with Gasteiger partial charge >= 0.3 is 0 Å². The number of Topliss-reactive ketones (excluding diaryl/α,β-unsaturated/α-hetero) is 1. The molecule has 0 spiro atoms. The number of hydrogen-bond donors (Lipinski definition) is 0. The number of carbonyl (C=O) groups is 1. The van der Waals surface area contributed by atoms with E-state index in [9.17, 15) is 4.79 Å². The van der Waals surface area contributed by atoms with Gasteiger partial charge in [0.05, 0.1) is 6.61 Å². The monoisotopic (exact) mass is 308 g/mol. The summed E-state index contributed by atoms with van der Waals surface area (Å²) in [5.41, 5.74) is 3.48. The van der Waals surface area contributed by atoms with Crippen LogP contribution in [0.5, 0.6) is 0 Å². The fourth-order valence-electron chi connectivity index (χ4n) is 2.39. The summed E-state index contributed by atoms with van der Waals surface area (Å²) in [6.45, 7) is 4.36. The van der Waals surface area contributed by atoms with Gasteiger partial charge in [0.2, 0.25) is 0 Å². The van der Waals surface area contributed by atoms with Gasteiger partial charge in [0.25, 0.3) is 0 Å². The van der Waals surface area contributed by atoms with Gasteiger partial charge in [-0.25, -0.2) is 0 Å². The van der Waals surface area contributed by atoms with Crippen molar-refractivity contribution in [1.29, 1.82) is 0 Å². The Bertz CT molecular complexity index is 599. The van der Waals surface area contributed by atoms with E-state index in [1.165, 1.54) is 11.1 Å². The highest BCUT2D eigenvalue weighted by Gasteiger charge is 2.03. The molecule has 0 fully saturated rings. The van der Waals surface area contributed by atoms with Gasteiger partial charge in [0, 0.05) is 6.42 Å². The summed E-state index contributed by atoms with van der Waals surface area (Å²) in [5.74, 6) is 0.176. The number of benzene rings is 2. The zero-order valence-corrected chi connectivity index (χ0v) is 13.5. The van der Waals surface area contributed by atoms with Gasteiger partial charge in [-0.2, -0.15) is 0 Å². The summed E-state index contributed by atoms with van der Waals surface area (Å²) >= 11 is 0. The first-order chi connectivity index (χ1) is 11.3. The third-order valence-electron chi connectivity index (χ3n) is 3.71. The van der Waals surface area contributed by atoms with Crippen LogP contribution < -0.4 is 0 Å². The number of hydrogen-bond acceptors (Lipinski definition) is 2. The molecule has 0 aliphatic carbocycles. The average molecular weight is 308 g/mol. The van der Waals surface area contributed by atoms with Crippen LogP contribution in [0.1, 0.15) is 31.2 Å². The molecule has 0 aliphatic rings. The lowest BCUT2D eigenvalue weighted by atomic mass is 10.0. The highest BCUT2D eigenvalue weighted by molar-refractivity contribution is 5.79. The first kappa shape index (κ1) is 17.2. The molecule has 0 atom stereocenters. The molecule has 0 aromatic heterocycles. The largest absolute Gasteiger partial charge is 0.369 e. The van der Waals surface area contributed by atoms with Gasteiger partial charge in [-0.3, -0.25) is 4.79 Å². The second-order valence-electron chi connectivity index (χ2n) is 5.63. The van der Waals surface area contributed by atoms with Crippen molar-refractivity contribution in [3.63, 3.8) is 0 Å². The fraction of sp³-hybridized carbons (Fsp3) is 0.286. The zero-order chi connectivity index (χ0) is 16.3. The van der Waals surface area contributed by atoms with Crippen molar-refractivity contribution in [2.75, 3.05) is 6.61 Å². The number of allylic oxidation sites excluding steroid dienone is 1. The molecular formula is C21H24O2. The molecule has 0 radical (unpaired) electrons. The number of rotatable bonds is 10. The van der Waals surface area contributed by atoms with Crippen LogP contribution in [0.2, 0.25) is 0 Å². The summed E-state index contributed by atoms with van der Waals surface area (Å²) in [7, 11) is 0. The third kappa shape index (κ3) is 6.21. The van der Waals surface area contributed by atoms with Crippen molar-refractivity contribution in [3.05, 3.63) is 72.8 Å². The van der Waals surface area contributed by atoms with E-state index in [2.05, 4.69) is 43.0 Å².